The van der Waals surface area contributed by atoms with Crippen LogP contribution >= 0.6 is 0 Å². The van der Waals surface area contributed by atoms with Gasteiger partial charge in [-0.25, -0.2) is 14.0 Å². The van der Waals surface area contributed by atoms with E-state index >= 15 is 0 Å². The second-order valence-electron chi connectivity index (χ2n) is 11.0. The first-order chi connectivity index (χ1) is 18.8. The fourth-order valence-corrected chi connectivity index (χ4v) is 6.50. The molecule has 0 bridgehead atoms. The lowest BCUT2D eigenvalue weighted by molar-refractivity contribution is -0.141. The van der Waals surface area contributed by atoms with E-state index in [0.29, 0.717) is 49.4 Å². The van der Waals surface area contributed by atoms with Crippen molar-refractivity contribution < 1.29 is 23.6 Å². The first kappa shape index (κ1) is 25.3. The van der Waals surface area contributed by atoms with Gasteiger partial charge in [0.25, 0.3) is 5.91 Å². The van der Waals surface area contributed by atoms with Crippen LogP contribution in [-0.4, -0.2) is 53.3 Å². The van der Waals surface area contributed by atoms with E-state index in [4.69, 9.17) is 0 Å². The lowest BCUT2D eigenvalue weighted by atomic mass is 9.76. The molecule has 9 nitrogen and oxygen atoms in total. The van der Waals surface area contributed by atoms with Crippen LogP contribution in [0.3, 0.4) is 0 Å². The van der Waals surface area contributed by atoms with E-state index in [-0.39, 0.29) is 30.3 Å². The third-order valence-corrected chi connectivity index (χ3v) is 8.62. The van der Waals surface area contributed by atoms with Crippen LogP contribution in [0.4, 0.5) is 19.7 Å². The summed E-state index contributed by atoms with van der Waals surface area (Å²) in [6.07, 6.45) is 5.32. The summed E-state index contributed by atoms with van der Waals surface area (Å²) in [4.78, 5) is 55.4. The molecule has 4 aliphatic rings. The Bertz CT molecular complexity index is 1380. The van der Waals surface area contributed by atoms with E-state index in [1.165, 1.54) is 13.1 Å². The number of hydrogen-bond donors (Lipinski definition) is 3. The van der Waals surface area contributed by atoms with Crippen molar-refractivity contribution in [1.29, 1.82) is 0 Å². The maximum atomic E-state index is 13.9. The highest BCUT2D eigenvalue weighted by Crippen LogP contribution is 2.42. The van der Waals surface area contributed by atoms with Crippen molar-refractivity contribution in [2.75, 3.05) is 18.9 Å². The van der Waals surface area contributed by atoms with Crippen LogP contribution in [0.25, 0.3) is 0 Å². The molecule has 1 spiro atoms. The molecule has 2 heterocycles. The molecule has 1 saturated carbocycles. The molecule has 1 unspecified atom stereocenters. The van der Waals surface area contributed by atoms with Gasteiger partial charge in [0.15, 0.2) is 0 Å². The molecule has 6 rings (SSSR count). The third kappa shape index (κ3) is 4.51. The Kier molecular flexibility index (Phi) is 6.28. The number of carbonyl (C=O) groups excluding carboxylic acids is 4. The molecule has 2 aliphatic heterocycles. The highest BCUT2D eigenvalue weighted by molar-refractivity contribution is 6.09. The second kappa shape index (κ2) is 9.66. The Labute approximate surface area is 226 Å². The maximum absolute atomic E-state index is 13.9. The van der Waals surface area contributed by atoms with Gasteiger partial charge in [-0.3, -0.25) is 14.5 Å². The molecule has 2 aromatic carbocycles. The third-order valence-electron chi connectivity index (χ3n) is 8.62. The summed E-state index contributed by atoms with van der Waals surface area (Å²) in [6.45, 7) is 0.00611. The summed E-state index contributed by atoms with van der Waals surface area (Å²) in [6, 6.07) is 9.09. The van der Waals surface area contributed by atoms with Crippen molar-refractivity contribution >= 4 is 29.6 Å². The van der Waals surface area contributed by atoms with Crippen molar-refractivity contribution in [3.63, 3.8) is 0 Å². The van der Waals surface area contributed by atoms with Crippen molar-refractivity contribution in [3.8, 4) is 0 Å². The molecule has 39 heavy (non-hydrogen) atoms. The minimum atomic E-state index is -1.23. The summed E-state index contributed by atoms with van der Waals surface area (Å²) < 4.78 is 13.9. The molecule has 2 aromatic rings. The minimum Gasteiger partial charge on any atom is -0.341 e. The smallest absolute Gasteiger partial charge is 0.325 e. The first-order valence-corrected chi connectivity index (χ1v) is 13.6. The van der Waals surface area contributed by atoms with E-state index in [1.807, 2.05) is 6.07 Å². The number of halogens is 1. The van der Waals surface area contributed by atoms with E-state index < -0.39 is 17.5 Å². The Morgan fingerprint density at radius 2 is 1.87 bits per heavy atom. The number of benzene rings is 2. The van der Waals surface area contributed by atoms with Gasteiger partial charge in [-0.1, -0.05) is 12.1 Å². The fourth-order valence-electron chi connectivity index (χ4n) is 6.50. The van der Waals surface area contributed by atoms with Gasteiger partial charge in [0, 0.05) is 25.3 Å². The molecule has 10 heteroatoms. The van der Waals surface area contributed by atoms with E-state index in [1.54, 1.807) is 29.2 Å². The molecule has 0 radical (unpaired) electrons. The molecule has 3 N–H and O–H groups in total. The number of carbonyl (C=O) groups is 4. The van der Waals surface area contributed by atoms with E-state index in [2.05, 4.69) is 16.0 Å². The summed E-state index contributed by atoms with van der Waals surface area (Å²) >= 11 is 0. The quantitative estimate of drug-likeness (QED) is 0.523. The highest BCUT2D eigenvalue weighted by Gasteiger charge is 2.54. The normalized spacial score (nSPS) is 24.1. The van der Waals surface area contributed by atoms with Crippen LogP contribution in [0, 0.1) is 11.7 Å². The predicted molar refractivity (Wildman–Crippen MR) is 141 cm³/mol. The monoisotopic (exact) mass is 533 g/mol. The number of rotatable bonds is 4. The molecule has 204 valence electrons. The van der Waals surface area contributed by atoms with Crippen LogP contribution in [0.1, 0.15) is 54.4 Å². The highest BCUT2D eigenvalue weighted by atomic mass is 19.1. The lowest BCUT2D eigenvalue weighted by Gasteiger charge is -2.34. The van der Waals surface area contributed by atoms with Gasteiger partial charge < -0.3 is 20.9 Å². The number of nitrogens with one attached hydrogen (secondary N) is 3. The lowest BCUT2D eigenvalue weighted by Crippen LogP contribution is -2.49. The van der Waals surface area contributed by atoms with Gasteiger partial charge in [-0.2, -0.15) is 0 Å². The summed E-state index contributed by atoms with van der Waals surface area (Å²) in [5.74, 6) is -0.587. The van der Waals surface area contributed by atoms with Gasteiger partial charge in [0.2, 0.25) is 5.91 Å². The van der Waals surface area contributed by atoms with Crippen molar-refractivity contribution in [1.82, 2.24) is 20.4 Å². The van der Waals surface area contributed by atoms with Gasteiger partial charge in [-0.15, -0.1) is 0 Å². The van der Waals surface area contributed by atoms with Gasteiger partial charge in [-0.05, 0) is 97.4 Å². The summed E-state index contributed by atoms with van der Waals surface area (Å²) in [7, 11) is 1.53. The standard InChI is InChI=1S/C29H32FN5O4/c1-31-27(38)32-22-9-10-23-19(14-22)3-2-12-29(23)26(37)35(28(39)33-29)16-25(36)34-15-20-6-8-21(30)13-18(20)7-11-24(34)17-4-5-17/h6,8-10,13-14,17,24H,2-5,7,11-12,15-16H2,1H3,(H,33,39)(H2,31,32,38)/t24-,29?/m0/s1. The van der Waals surface area contributed by atoms with Crippen LogP contribution in [0.2, 0.25) is 0 Å². The van der Waals surface area contributed by atoms with Gasteiger partial charge in [0.05, 0.1) is 0 Å². The topological polar surface area (TPSA) is 111 Å². The molecular formula is C29H32FN5O4. The molecule has 6 amide bonds. The number of fused-ring (bicyclic) bond motifs is 3. The zero-order valence-corrected chi connectivity index (χ0v) is 21.9. The average Bonchev–Trinajstić information content (AvgIpc) is 3.75. The second-order valence-corrected chi connectivity index (χ2v) is 11.0. The molecule has 2 aliphatic carbocycles. The summed E-state index contributed by atoms with van der Waals surface area (Å²) in [5.41, 5.74) is 2.77. The summed E-state index contributed by atoms with van der Waals surface area (Å²) in [5, 5.41) is 8.16. The Morgan fingerprint density at radius 1 is 1.05 bits per heavy atom. The van der Waals surface area contributed by atoms with E-state index in [0.717, 1.165) is 40.9 Å². The van der Waals surface area contributed by atoms with Crippen LogP contribution in [-0.2, 0) is 34.5 Å². The van der Waals surface area contributed by atoms with Crippen molar-refractivity contribution in [2.45, 2.75) is 63.1 Å². The fraction of sp³-hybridized carbons (Fsp3) is 0.448. The number of nitrogens with zero attached hydrogens (tertiary/aromatic N) is 2. The Balaban J connectivity index is 1.24. The number of hydrogen-bond acceptors (Lipinski definition) is 4. The van der Waals surface area contributed by atoms with Crippen LogP contribution < -0.4 is 16.0 Å². The maximum Gasteiger partial charge on any atom is 0.325 e. The minimum absolute atomic E-state index is 0.00402. The Morgan fingerprint density at radius 3 is 2.64 bits per heavy atom. The predicted octanol–water partition coefficient (Wildman–Crippen LogP) is 3.41. The molecule has 0 aromatic heterocycles. The van der Waals surface area contributed by atoms with Gasteiger partial charge >= 0.3 is 12.1 Å². The Hall–Kier alpha value is -3.95. The number of urea groups is 2. The zero-order valence-electron chi connectivity index (χ0n) is 21.9. The molecular weight excluding hydrogens is 501 g/mol. The number of aryl methyl sites for hydroxylation is 2. The van der Waals surface area contributed by atoms with Crippen LogP contribution in [0.15, 0.2) is 36.4 Å². The average molecular weight is 534 g/mol. The van der Waals surface area contributed by atoms with E-state index in [9.17, 15) is 23.6 Å². The molecule has 2 fully saturated rings. The largest absolute Gasteiger partial charge is 0.341 e. The number of amides is 6. The van der Waals surface area contributed by atoms with Crippen LogP contribution in [0.5, 0.6) is 0 Å². The van der Waals surface area contributed by atoms with Crippen molar-refractivity contribution in [2.24, 2.45) is 5.92 Å². The number of imide groups is 1. The molecule has 1 saturated heterocycles. The SMILES string of the molecule is CNC(=O)Nc1ccc2c(c1)CCCC21NC(=O)N(CC(=O)N2Cc3ccc(F)cc3CC[C@H]2C2CC2)C1=O. The van der Waals surface area contributed by atoms with Gasteiger partial charge in [0.1, 0.15) is 17.9 Å². The zero-order chi connectivity index (χ0) is 27.3. The van der Waals surface area contributed by atoms with Crippen molar-refractivity contribution in [3.05, 3.63) is 64.5 Å². The first-order valence-electron chi connectivity index (χ1n) is 13.6. The molecule has 2 atom stereocenters. The number of anilines is 1.